The monoisotopic (exact) mass is 746 g/mol. The van der Waals surface area contributed by atoms with E-state index >= 15 is 0 Å². The Kier molecular flexibility index (Phi) is 12.8. The molecule has 0 aliphatic carbocycles. The van der Waals surface area contributed by atoms with Gasteiger partial charge in [-0.15, -0.1) is 11.3 Å². The highest BCUT2D eigenvalue weighted by Gasteiger charge is 2.55. The molecule has 51 heavy (non-hydrogen) atoms. The van der Waals surface area contributed by atoms with E-state index < -0.39 is 30.0 Å². The lowest BCUT2D eigenvalue weighted by molar-refractivity contribution is -0.116. The Labute approximate surface area is 302 Å². The number of fused-ring (bicyclic) bond motifs is 1. The average molecular weight is 747 g/mol. The maximum absolute atomic E-state index is 13.9. The third kappa shape index (κ3) is 9.79. The second-order valence-electron chi connectivity index (χ2n) is 14.1. The number of para-hydroxylation sites is 1. The second kappa shape index (κ2) is 16.3. The Balaban J connectivity index is 1.45. The fourth-order valence-electron chi connectivity index (χ4n) is 6.73. The first-order valence-corrected chi connectivity index (χ1v) is 18.9. The highest BCUT2D eigenvalue weighted by Crippen LogP contribution is 2.51. The van der Waals surface area contributed by atoms with Gasteiger partial charge in [0.1, 0.15) is 18.0 Å². The lowest BCUT2D eigenvalue weighted by Gasteiger charge is -2.59. The smallest absolute Gasteiger partial charge is 0.469 e. The number of ether oxygens (including phenoxy) is 2. The molecule has 2 heterocycles. The molecule has 4 rings (SSSR count). The van der Waals surface area contributed by atoms with Gasteiger partial charge >= 0.3 is 7.82 Å². The summed E-state index contributed by atoms with van der Waals surface area (Å²) in [4.78, 5) is 47.8. The minimum atomic E-state index is -4.70. The van der Waals surface area contributed by atoms with Crippen LogP contribution in [-0.4, -0.2) is 74.5 Å². The van der Waals surface area contributed by atoms with Crippen molar-refractivity contribution in [2.24, 2.45) is 10.8 Å². The molecule has 0 saturated heterocycles. The number of hydrogen-bond donors (Lipinski definition) is 4. The lowest BCUT2D eigenvalue weighted by atomic mass is 9.59. The number of carbonyl (C=O) groups excluding carboxylic acids is 1. The summed E-state index contributed by atoms with van der Waals surface area (Å²) in [7, 11) is -3.15. The van der Waals surface area contributed by atoms with Gasteiger partial charge in [-0.25, -0.2) is 23.9 Å². The van der Waals surface area contributed by atoms with Crippen LogP contribution < -0.4 is 20.1 Å². The van der Waals surface area contributed by atoms with Crippen LogP contribution in [0.15, 0.2) is 48.9 Å². The summed E-state index contributed by atoms with van der Waals surface area (Å²) in [6.07, 6.45) is 3.65. The summed E-state index contributed by atoms with van der Waals surface area (Å²) in [5.41, 5.74) is -0.797. The topological polar surface area (TPSA) is 168 Å². The Morgan fingerprint density at radius 1 is 1.04 bits per heavy atom. The van der Waals surface area contributed by atoms with Gasteiger partial charge in [-0.05, 0) is 42.0 Å². The molecule has 0 aliphatic heterocycles. The number of carbonyl (C=O) groups is 1. The van der Waals surface area contributed by atoms with E-state index in [0.29, 0.717) is 64.3 Å². The van der Waals surface area contributed by atoms with Crippen LogP contribution >= 0.6 is 19.2 Å². The zero-order chi connectivity index (χ0) is 37.6. The number of thiazole rings is 1. The van der Waals surface area contributed by atoms with Gasteiger partial charge in [-0.1, -0.05) is 60.6 Å². The van der Waals surface area contributed by atoms with E-state index in [4.69, 9.17) is 14.0 Å². The molecule has 2 aromatic heterocycles. The van der Waals surface area contributed by atoms with E-state index in [1.54, 1.807) is 37.6 Å². The average Bonchev–Trinajstić information content (AvgIpc) is 3.47. The van der Waals surface area contributed by atoms with Crippen molar-refractivity contribution < 1.29 is 37.5 Å². The summed E-state index contributed by atoms with van der Waals surface area (Å²) >= 11 is 1.27. The fourth-order valence-corrected chi connectivity index (χ4v) is 7.90. The number of aromatic nitrogens is 3. The van der Waals surface area contributed by atoms with Crippen molar-refractivity contribution in [3.8, 4) is 11.5 Å². The summed E-state index contributed by atoms with van der Waals surface area (Å²) < 4.78 is 42.8. The molecule has 1 amide bonds. The van der Waals surface area contributed by atoms with Gasteiger partial charge in [0.2, 0.25) is 5.91 Å². The van der Waals surface area contributed by atoms with Gasteiger partial charge in [-0.3, -0.25) is 14.2 Å². The molecule has 16 heteroatoms. The third-order valence-electron chi connectivity index (χ3n) is 8.86. The molecule has 0 unspecified atom stereocenters. The highest BCUT2D eigenvalue weighted by molar-refractivity contribution is 7.46. The fraction of sp³-hybridized carbons (Fsp3) is 0.486. The van der Waals surface area contributed by atoms with Crippen molar-refractivity contribution in [3.05, 3.63) is 59.6 Å². The van der Waals surface area contributed by atoms with Crippen LogP contribution in [0.3, 0.4) is 0 Å². The first-order chi connectivity index (χ1) is 23.9. The molecule has 4 N–H and O–H groups in total. The zero-order valence-corrected chi connectivity index (χ0v) is 32.0. The van der Waals surface area contributed by atoms with E-state index in [1.807, 2.05) is 6.92 Å². The number of methoxy groups -OCH3 is 1. The van der Waals surface area contributed by atoms with Crippen molar-refractivity contribution in [3.63, 3.8) is 0 Å². The van der Waals surface area contributed by atoms with E-state index in [1.165, 1.54) is 29.8 Å². The zero-order valence-electron chi connectivity index (χ0n) is 30.3. The minimum Gasteiger partial charge on any atom is -0.493 e. The predicted molar refractivity (Wildman–Crippen MR) is 197 cm³/mol. The molecule has 278 valence electrons. The normalized spacial score (nSPS) is 12.7. The van der Waals surface area contributed by atoms with Crippen molar-refractivity contribution in [2.75, 3.05) is 44.0 Å². The van der Waals surface area contributed by atoms with Crippen molar-refractivity contribution in [1.29, 1.82) is 0 Å². The van der Waals surface area contributed by atoms with Gasteiger partial charge in [0, 0.05) is 29.1 Å². The van der Waals surface area contributed by atoms with E-state index in [0.717, 1.165) is 0 Å². The van der Waals surface area contributed by atoms with Crippen LogP contribution in [0.4, 0.5) is 21.0 Å². The van der Waals surface area contributed by atoms with Gasteiger partial charge in [-0.2, -0.15) is 0 Å². The van der Waals surface area contributed by atoms with Gasteiger partial charge < -0.3 is 29.9 Å². The van der Waals surface area contributed by atoms with Crippen molar-refractivity contribution >= 4 is 52.6 Å². The number of anilines is 3. The summed E-state index contributed by atoms with van der Waals surface area (Å²) in [5.74, 6) is 0.592. The summed E-state index contributed by atoms with van der Waals surface area (Å²) in [6, 6.07) is 9.55. The summed E-state index contributed by atoms with van der Waals surface area (Å²) in [5, 5.41) is 6.96. The van der Waals surface area contributed by atoms with E-state index in [9.17, 15) is 23.5 Å². The molecule has 0 atom stereocenters. The number of nitrogens with zero attached hydrogens (tertiary/aromatic N) is 4. The molecule has 0 aliphatic rings. The number of likely N-dealkylation sites (N-methyl/N-ethyl adjacent to an activating group) is 1. The molecule has 13 nitrogen and oxygen atoms in total. The number of amides is 1. The SMILES string of the molecule is CCN(CCCOc1cc2ncnc(Nc3ncc(CC(=O)Nc4ccccc4F)s3)c2cc1OC)C(COP(=O)(O)O)(C(C)(C)C)C(C)(C)C. The maximum Gasteiger partial charge on any atom is 0.469 e. The van der Waals surface area contributed by atoms with Crippen molar-refractivity contribution in [2.45, 2.75) is 66.8 Å². The molecule has 4 aromatic rings. The number of benzene rings is 2. The highest BCUT2D eigenvalue weighted by atomic mass is 32.1. The van der Waals surface area contributed by atoms with E-state index in [2.05, 4.69) is 72.0 Å². The van der Waals surface area contributed by atoms with Crippen molar-refractivity contribution in [1.82, 2.24) is 19.9 Å². The molecule has 0 saturated carbocycles. The molecule has 2 aromatic carbocycles. The number of hydrogen-bond acceptors (Lipinski definition) is 11. The Morgan fingerprint density at radius 3 is 2.37 bits per heavy atom. The van der Waals surface area contributed by atoms with Crippen LogP contribution in [0.25, 0.3) is 10.9 Å². The van der Waals surface area contributed by atoms with Crippen LogP contribution in [-0.2, 0) is 20.3 Å². The summed E-state index contributed by atoms with van der Waals surface area (Å²) in [6.45, 7) is 15.8. The standard InChI is InChI=1S/C35H48FN6O7PS/c1-9-42(35(33(2,3)4,34(5,6)7)21-49-50(44,45)46)15-12-16-48-29-19-27-24(18-28(29)47-8)31(39-22-38-27)41-32-37-20-23(51-32)17-30(43)40-26-14-11-10-13-25(26)36/h10-11,13-14,18-20,22H,9,12,15-17,21H2,1-8H3,(H,40,43)(H2,44,45,46)(H,37,38,39,41). The number of nitrogens with one attached hydrogen (secondary N) is 2. The van der Waals surface area contributed by atoms with Gasteiger partial charge in [0.25, 0.3) is 0 Å². The third-order valence-corrected chi connectivity index (χ3v) is 10.2. The number of halogens is 1. The van der Waals surface area contributed by atoms with Crippen LogP contribution in [0.1, 0.15) is 59.8 Å². The van der Waals surface area contributed by atoms with Gasteiger partial charge in [0.15, 0.2) is 16.6 Å². The molecular weight excluding hydrogens is 698 g/mol. The number of phosphoric acid groups is 1. The largest absolute Gasteiger partial charge is 0.493 e. The van der Waals surface area contributed by atoms with E-state index in [-0.39, 0.29) is 24.6 Å². The second-order valence-corrected chi connectivity index (χ2v) is 16.5. The molecule has 0 spiro atoms. The first kappa shape index (κ1) is 40.1. The van der Waals surface area contributed by atoms with Crippen LogP contribution in [0.2, 0.25) is 0 Å². The minimum absolute atomic E-state index is 0.0251. The first-order valence-electron chi connectivity index (χ1n) is 16.6. The Morgan fingerprint density at radius 2 is 1.75 bits per heavy atom. The van der Waals surface area contributed by atoms with Gasteiger partial charge in [0.05, 0.1) is 43.5 Å². The van der Waals surface area contributed by atoms with Crippen LogP contribution in [0.5, 0.6) is 11.5 Å². The Bertz CT molecular complexity index is 1840. The number of rotatable bonds is 16. The quantitative estimate of drug-likeness (QED) is 0.0674. The van der Waals surface area contributed by atoms with Crippen LogP contribution in [0, 0.1) is 16.6 Å². The molecular formula is C35H48FN6O7PS. The Hall–Kier alpha value is -3.72. The molecule has 0 bridgehead atoms. The number of phosphoric ester groups is 1. The molecule has 0 radical (unpaired) electrons. The molecule has 0 fully saturated rings. The lowest BCUT2D eigenvalue weighted by Crippen LogP contribution is -2.67. The maximum atomic E-state index is 13.9. The predicted octanol–water partition coefficient (Wildman–Crippen LogP) is 7.19.